The molecule has 0 heterocycles. The molecule has 0 atom stereocenters. The van der Waals surface area contributed by atoms with Gasteiger partial charge < -0.3 is 10.0 Å². The predicted molar refractivity (Wildman–Crippen MR) is 54.5 cm³/mol. The summed E-state index contributed by atoms with van der Waals surface area (Å²) in [6.45, 7) is 0.599. The zero-order valence-corrected chi connectivity index (χ0v) is 7.70. The van der Waals surface area contributed by atoms with E-state index in [2.05, 4.69) is 5.92 Å². The van der Waals surface area contributed by atoms with E-state index in [4.69, 9.17) is 11.5 Å². The van der Waals surface area contributed by atoms with Crippen molar-refractivity contribution in [2.24, 2.45) is 0 Å². The van der Waals surface area contributed by atoms with Crippen LogP contribution in [0.1, 0.15) is 5.56 Å². The van der Waals surface area contributed by atoms with Crippen LogP contribution in [0.5, 0.6) is 0 Å². The molecule has 2 nitrogen and oxygen atoms in total. The average molecular weight is 175 g/mol. The fourth-order valence-corrected chi connectivity index (χ4v) is 1.24. The van der Waals surface area contributed by atoms with E-state index >= 15 is 0 Å². The van der Waals surface area contributed by atoms with Crippen molar-refractivity contribution in [3.8, 4) is 12.3 Å². The van der Waals surface area contributed by atoms with Crippen molar-refractivity contribution in [3.63, 3.8) is 0 Å². The first kappa shape index (κ1) is 9.63. The highest BCUT2D eigenvalue weighted by Gasteiger charge is 2.03. The molecule has 0 saturated carbocycles. The maximum atomic E-state index is 9.06. The molecule has 0 saturated heterocycles. The lowest BCUT2D eigenvalue weighted by Crippen LogP contribution is -2.18. The summed E-state index contributed by atoms with van der Waals surface area (Å²) in [4.78, 5) is 1.94. The molecular weight excluding hydrogens is 162 g/mol. The maximum absolute atomic E-state index is 9.06. The third kappa shape index (κ3) is 2.24. The molecule has 0 spiro atoms. The zero-order chi connectivity index (χ0) is 9.68. The Morgan fingerprint density at radius 3 is 2.77 bits per heavy atom. The van der Waals surface area contributed by atoms with Crippen LogP contribution >= 0.6 is 0 Å². The van der Waals surface area contributed by atoms with Gasteiger partial charge in [0.25, 0.3) is 0 Å². The van der Waals surface area contributed by atoms with E-state index in [1.807, 2.05) is 36.2 Å². The number of hydrogen-bond acceptors (Lipinski definition) is 2. The minimum absolute atomic E-state index is 0.0467. The van der Waals surface area contributed by atoms with Crippen LogP contribution in [0.4, 0.5) is 5.69 Å². The molecule has 0 amide bonds. The third-order valence-corrected chi connectivity index (χ3v) is 1.90. The van der Waals surface area contributed by atoms with E-state index < -0.39 is 0 Å². The summed E-state index contributed by atoms with van der Waals surface area (Å²) in [5.41, 5.74) is 1.89. The number of terminal acetylenes is 1. The van der Waals surface area contributed by atoms with Gasteiger partial charge in [0.2, 0.25) is 0 Å². The number of rotatable bonds is 3. The van der Waals surface area contributed by atoms with E-state index in [0.29, 0.717) is 6.54 Å². The van der Waals surface area contributed by atoms with Gasteiger partial charge in [-0.2, -0.15) is 0 Å². The van der Waals surface area contributed by atoms with Gasteiger partial charge in [-0.25, -0.2) is 0 Å². The molecule has 13 heavy (non-hydrogen) atoms. The molecular formula is C11H13NO. The quantitative estimate of drug-likeness (QED) is 0.699. The smallest absolute Gasteiger partial charge is 0.0788 e. The van der Waals surface area contributed by atoms with Gasteiger partial charge in [0.15, 0.2) is 0 Å². The van der Waals surface area contributed by atoms with Crippen molar-refractivity contribution in [1.29, 1.82) is 0 Å². The Morgan fingerprint density at radius 2 is 2.15 bits per heavy atom. The molecule has 1 aromatic carbocycles. The number of anilines is 1. The van der Waals surface area contributed by atoms with Gasteiger partial charge in [-0.15, -0.1) is 6.42 Å². The standard InChI is InChI=1S/C11H13NO/c1-3-8-12(2)11-7-5-4-6-10(11)9-13/h1,4-7,13H,8-9H2,2H3. The first-order valence-electron chi connectivity index (χ1n) is 4.13. The fourth-order valence-electron chi connectivity index (χ4n) is 1.24. The Bertz CT molecular complexity index is 314. The summed E-state index contributed by atoms with van der Waals surface area (Å²) in [6, 6.07) is 7.67. The summed E-state index contributed by atoms with van der Waals surface area (Å²) in [7, 11) is 1.91. The van der Waals surface area contributed by atoms with Crippen LogP contribution < -0.4 is 4.90 Å². The summed E-state index contributed by atoms with van der Waals surface area (Å²) in [5.74, 6) is 2.56. The lowest BCUT2D eigenvalue weighted by Gasteiger charge is -2.18. The molecule has 0 aliphatic heterocycles. The Kier molecular flexibility index (Phi) is 3.36. The summed E-state index contributed by atoms with van der Waals surface area (Å²) in [5, 5.41) is 9.06. The second-order valence-corrected chi connectivity index (χ2v) is 2.85. The Balaban J connectivity index is 2.93. The van der Waals surface area contributed by atoms with Crippen molar-refractivity contribution in [2.45, 2.75) is 6.61 Å². The van der Waals surface area contributed by atoms with Gasteiger partial charge in [0.05, 0.1) is 13.2 Å². The summed E-state index contributed by atoms with van der Waals surface area (Å²) in [6.07, 6.45) is 5.20. The molecule has 1 N–H and O–H groups in total. The molecule has 0 fully saturated rings. The van der Waals surface area contributed by atoms with Crippen LogP contribution in [0.15, 0.2) is 24.3 Å². The Hall–Kier alpha value is -1.46. The molecule has 0 aliphatic rings. The normalized spacial score (nSPS) is 9.31. The first-order valence-corrected chi connectivity index (χ1v) is 4.13. The minimum atomic E-state index is 0.0467. The monoisotopic (exact) mass is 175 g/mol. The number of hydrogen-bond donors (Lipinski definition) is 1. The molecule has 0 aromatic heterocycles. The summed E-state index contributed by atoms with van der Waals surface area (Å²) >= 11 is 0. The Morgan fingerprint density at radius 1 is 1.46 bits per heavy atom. The molecule has 0 unspecified atom stereocenters. The van der Waals surface area contributed by atoms with Gasteiger partial charge >= 0.3 is 0 Å². The first-order chi connectivity index (χ1) is 6.29. The van der Waals surface area contributed by atoms with Crippen LogP contribution in [0.3, 0.4) is 0 Å². The van der Waals surface area contributed by atoms with Gasteiger partial charge in [-0.3, -0.25) is 0 Å². The van der Waals surface area contributed by atoms with E-state index in [1.54, 1.807) is 0 Å². The number of nitrogens with zero attached hydrogens (tertiary/aromatic N) is 1. The van der Waals surface area contributed by atoms with Crippen molar-refractivity contribution in [3.05, 3.63) is 29.8 Å². The van der Waals surface area contributed by atoms with Gasteiger partial charge in [-0.05, 0) is 6.07 Å². The highest BCUT2D eigenvalue weighted by atomic mass is 16.3. The third-order valence-electron chi connectivity index (χ3n) is 1.90. The van der Waals surface area contributed by atoms with E-state index in [1.165, 1.54) is 0 Å². The van der Waals surface area contributed by atoms with Crippen molar-refractivity contribution in [1.82, 2.24) is 0 Å². The highest BCUT2D eigenvalue weighted by molar-refractivity contribution is 5.53. The molecule has 1 rings (SSSR count). The van der Waals surface area contributed by atoms with Crippen LogP contribution in [0.25, 0.3) is 0 Å². The largest absolute Gasteiger partial charge is 0.392 e. The van der Waals surface area contributed by atoms with Crippen LogP contribution in [-0.4, -0.2) is 18.7 Å². The lowest BCUT2D eigenvalue weighted by molar-refractivity contribution is 0.282. The highest BCUT2D eigenvalue weighted by Crippen LogP contribution is 2.18. The number of aliphatic hydroxyl groups is 1. The topological polar surface area (TPSA) is 23.5 Å². The number of aliphatic hydroxyl groups excluding tert-OH is 1. The lowest BCUT2D eigenvalue weighted by atomic mass is 10.2. The Labute approximate surface area is 78.8 Å². The van der Waals surface area contributed by atoms with Crippen LogP contribution in [0.2, 0.25) is 0 Å². The second-order valence-electron chi connectivity index (χ2n) is 2.85. The molecule has 0 bridgehead atoms. The summed E-state index contributed by atoms with van der Waals surface area (Å²) < 4.78 is 0. The number of para-hydroxylation sites is 1. The average Bonchev–Trinajstić information content (AvgIpc) is 2.18. The minimum Gasteiger partial charge on any atom is -0.392 e. The molecule has 1 aromatic rings. The van der Waals surface area contributed by atoms with Gasteiger partial charge in [-0.1, -0.05) is 24.1 Å². The molecule has 68 valence electrons. The van der Waals surface area contributed by atoms with E-state index in [-0.39, 0.29) is 6.61 Å². The second kappa shape index (κ2) is 4.54. The van der Waals surface area contributed by atoms with Crippen LogP contribution in [0, 0.1) is 12.3 Å². The SMILES string of the molecule is C#CCN(C)c1ccccc1CO. The molecule has 0 aliphatic carbocycles. The zero-order valence-electron chi connectivity index (χ0n) is 7.70. The van der Waals surface area contributed by atoms with Gasteiger partial charge in [0, 0.05) is 18.3 Å². The van der Waals surface area contributed by atoms with Gasteiger partial charge in [0.1, 0.15) is 0 Å². The van der Waals surface area contributed by atoms with Crippen molar-refractivity contribution in [2.75, 3.05) is 18.5 Å². The van der Waals surface area contributed by atoms with E-state index in [0.717, 1.165) is 11.3 Å². The maximum Gasteiger partial charge on any atom is 0.0788 e. The van der Waals surface area contributed by atoms with Crippen molar-refractivity contribution < 1.29 is 5.11 Å². The molecule has 0 radical (unpaired) electrons. The van der Waals surface area contributed by atoms with Crippen LogP contribution in [-0.2, 0) is 6.61 Å². The number of benzene rings is 1. The van der Waals surface area contributed by atoms with E-state index in [9.17, 15) is 0 Å². The predicted octanol–water partition coefficient (Wildman–Crippen LogP) is 1.25. The van der Waals surface area contributed by atoms with Crippen molar-refractivity contribution >= 4 is 5.69 Å². The molecule has 2 heteroatoms. The fraction of sp³-hybridized carbons (Fsp3) is 0.273.